The van der Waals surface area contributed by atoms with Crippen molar-refractivity contribution in [1.29, 1.82) is 0 Å². The summed E-state index contributed by atoms with van der Waals surface area (Å²) < 4.78 is 32.0. The molecule has 0 unspecified atom stereocenters. The third-order valence-electron chi connectivity index (χ3n) is 3.90. The lowest BCUT2D eigenvalue weighted by Gasteiger charge is -2.13. The molecule has 0 aliphatic rings. The molecule has 0 aliphatic carbocycles. The lowest BCUT2D eigenvalue weighted by molar-refractivity contribution is 0.0950. The standard InChI is InChI=1S/C19H24N2O4S/c1-14-6-4-5-7-17(14)12-20-19(22)16-8-10-18(11-9-16)26(23,24)21-15(2)13-25-3/h4-11,15,21H,12-13H2,1-3H3,(H,20,22)/t15-/m0/s1. The van der Waals surface area contributed by atoms with Crippen molar-refractivity contribution in [3.63, 3.8) is 0 Å². The quantitative estimate of drug-likeness (QED) is 0.740. The number of methoxy groups -OCH3 is 1. The zero-order valence-corrected chi connectivity index (χ0v) is 16.0. The van der Waals surface area contributed by atoms with Crippen LogP contribution in [-0.2, 0) is 21.3 Å². The highest BCUT2D eigenvalue weighted by Gasteiger charge is 2.17. The number of carbonyl (C=O) groups is 1. The van der Waals surface area contributed by atoms with Crippen molar-refractivity contribution < 1.29 is 17.9 Å². The number of carbonyl (C=O) groups excluding carboxylic acids is 1. The number of amides is 1. The van der Waals surface area contributed by atoms with Crippen LogP contribution in [0.15, 0.2) is 53.4 Å². The Morgan fingerprint density at radius 3 is 2.38 bits per heavy atom. The van der Waals surface area contributed by atoms with E-state index in [1.807, 2.05) is 31.2 Å². The largest absolute Gasteiger partial charge is 0.383 e. The average Bonchev–Trinajstić information content (AvgIpc) is 2.60. The fourth-order valence-electron chi connectivity index (χ4n) is 2.49. The molecular weight excluding hydrogens is 352 g/mol. The summed E-state index contributed by atoms with van der Waals surface area (Å²) in [5.41, 5.74) is 2.55. The fraction of sp³-hybridized carbons (Fsp3) is 0.316. The van der Waals surface area contributed by atoms with E-state index in [1.165, 1.54) is 31.4 Å². The molecule has 0 aromatic heterocycles. The Balaban J connectivity index is 2.02. The number of rotatable bonds is 8. The Morgan fingerprint density at radius 1 is 1.12 bits per heavy atom. The van der Waals surface area contributed by atoms with Gasteiger partial charge in [-0.2, -0.15) is 0 Å². The summed E-state index contributed by atoms with van der Waals surface area (Å²) in [4.78, 5) is 12.4. The zero-order valence-electron chi connectivity index (χ0n) is 15.2. The van der Waals surface area contributed by atoms with E-state index in [4.69, 9.17) is 4.74 Å². The molecule has 26 heavy (non-hydrogen) atoms. The van der Waals surface area contributed by atoms with Gasteiger partial charge in [-0.3, -0.25) is 4.79 Å². The van der Waals surface area contributed by atoms with Crippen molar-refractivity contribution >= 4 is 15.9 Å². The van der Waals surface area contributed by atoms with Crippen LogP contribution in [0.4, 0.5) is 0 Å². The molecule has 2 rings (SSSR count). The highest BCUT2D eigenvalue weighted by molar-refractivity contribution is 7.89. The number of aryl methyl sites for hydroxylation is 1. The van der Waals surface area contributed by atoms with Gasteiger partial charge in [0, 0.05) is 25.3 Å². The molecule has 2 N–H and O–H groups in total. The van der Waals surface area contributed by atoms with Crippen LogP contribution in [0.25, 0.3) is 0 Å². The molecule has 0 radical (unpaired) electrons. The predicted molar refractivity (Wildman–Crippen MR) is 100 cm³/mol. The summed E-state index contributed by atoms with van der Waals surface area (Å²) in [5, 5.41) is 2.84. The van der Waals surface area contributed by atoms with Crippen molar-refractivity contribution in [2.45, 2.75) is 31.3 Å². The van der Waals surface area contributed by atoms with Gasteiger partial charge in [-0.1, -0.05) is 24.3 Å². The first-order valence-electron chi connectivity index (χ1n) is 8.27. The van der Waals surface area contributed by atoms with Crippen molar-refractivity contribution in [1.82, 2.24) is 10.0 Å². The minimum atomic E-state index is -3.65. The second-order valence-corrected chi connectivity index (χ2v) is 7.83. The highest BCUT2D eigenvalue weighted by atomic mass is 32.2. The second kappa shape index (κ2) is 8.93. The van der Waals surface area contributed by atoms with E-state index in [0.29, 0.717) is 12.1 Å². The van der Waals surface area contributed by atoms with Gasteiger partial charge >= 0.3 is 0 Å². The minimum Gasteiger partial charge on any atom is -0.383 e. The van der Waals surface area contributed by atoms with Gasteiger partial charge in [0.05, 0.1) is 11.5 Å². The number of ether oxygens (including phenoxy) is 1. The molecule has 0 fully saturated rings. The predicted octanol–water partition coefficient (Wildman–Crippen LogP) is 2.24. The topological polar surface area (TPSA) is 84.5 Å². The van der Waals surface area contributed by atoms with Crippen LogP contribution >= 0.6 is 0 Å². The third kappa shape index (κ3) is 5.39. The molecular formula is C19H24N2O4S. The van der Waals surface area contributed by atoms with E-state index in [1.54, 1.807) is 6.92 Å². The fourth-order valence-corrected chi connectivity index (χ4v) is 3.72. The first kappa shape index (κ1) is 20.1. The van der Waals surface area contributed by atoms with Crippen molar-refractivity contribution in [3.8, 4) is 0 Å². The Hall–Kier alpha value is -2.22. The lowest BCUT2D eigenvalue weighted by atomic mass is 10.1. The summed E-state index contributed by atoms with van der Waals surface area (Å²) in [7, 11) is -2.14. The molecule has 7 heteroatoms. The van der Waals surface area contributed by atoms with Crippen LogP contribution in [0, 0.1) is 6.92 Å². The Morgan fingerprint density at radius 2 is 1.77 bits per heavy atom. The van der Waals surface area contributed by atoms with Gasteiger partial charge < -0.3 is 10.1 Å². The summed E-state index contributed by atoms with van der Waals surface area (Å²) >= 11 is 0. The molecule has 0 saturated heterocycles. The number of hydrogen-bond acceptors (Lipinski definition) is 4. The van der Waals surface area contributed by atoms with Crippen molar-refractivity contribution in [2.24, 2.45) is 0 Å². The van der Waals surface area contributed by atoms with Crippen LogP contribution in [0.1, 0.15) is 28.4 Å². The Bertz CT molecular complexity index is 848. The van der Waals surface area contributed by atoms with Gasteiger partial charge in [0.25, 0.3) is 5.91 Å². The molecule has 2 aromatic rings. The molecule has 140 valence electrons. The number of hydrogen-bond donors (Lipinski definition) is 2. The van der Waals surface area contributed by atoms with Crippen LogP contribution < -0.4 is 10.0 Å². The van der Waals surface area contributed by atoms with Crippen LogP contribution in [0.3, 0.4) is 0 Å². The van der Waals surface area contributed by atoms with Crippen LogP contribution in [0.5, 0.6) is 0 Å². The molecule has 1 atom stereocenters. The summed E-state index contributed by atoms with van der Waals surface area (Å²) in [6, 6.07) is 13.3. The average molecular weight is 376 g/mol. The van der Waals surface area contributed by atoms with Crippen LogP contribution in [0.2, 0.25) is 0 Å². The Kier molecular flexibility index (Phi) is 6.90. The van der Waals surface area contributed by atoms with E-state index < -0.39 is 10.0 Å². The van der Waals surface area contributed by atoms with Gasteiger partial charge in [0.15, 0.2) is 0 Å². The zero-order chi connectivity index (χ0) is 19.2. The number of nitrogens with one attached hydrogen (secondary N) is 2. The van der Waals surface area contributed by atoms with Crippen molar-refractivity contribution in [2.75, 3.05) is 13.7 Å². The molecule has 0 bridgehead atoms. The van der Waals surface area contributed by atoms with Gasteiger partial charge in [-0.15, -0.1) is 0 Å². The van der Waals surface area contributed by atoms with E-state index in [0.717, 1.165) is 11.1 Å². The van der Waals surface area contributed by atoms with Crippen LogP contribution in [-0.4, -0.2) is 34.1 Å². The molecule has 1 amide bonds. The first-order chi connectivity index (χ1) is 12.3. The van der Waals surface area contributed by atoms with Crippen molar-refractivity contribution in [3.05, 3.63) is 65.2 Å². The smallest absolute Gasteiger partial charge is 0.251 e. The summed E-state index contributed by atoms with van der Waals surface area (Å²) in [6.45, 7) is 4.40. The molecule has 0 saturated carbocycles. The van der Waals surface area contributed by atoms with E-state index in [2.05, 4.69) is 10.0 Å². The van der Waals surface area contributed by atoms with E-state index in [9.17, 15) is 13.2 Å². The summed E-state index contributed by atoms with van der Waals surface area (Å²) in [6.07, 6.45) is 0. The number of benzene rings is 2. The monoisotopic (exact) mass is 376 g/mol. The van der Waals surface area contributed by atoms with Gasteiger partial charge in [-0.25, -0.2) is 13.1 Å². The molecule has 0 heterocycles. The molecule has 6 nitrogen and oxygen atoms in total. The van der Waals surface area contributed by atoms with Gasteiger partial charge in [-0.05, 0) is 49.2 Å². The van der Waals surface area contributed by atoms with E-state index in [-0.39, 0.29) is 23.5 Å². The maximum absolute atomic E-state index is 12.3. The van der Waals surface area contributed by atoms with E-state index >= 15 is 0 Å². The molecule has 0 spiro atoms. The maximum atomic E-state index is 12.3. The maximum Gasteiger partial charge on any atom is 0.251 e. The second-order valence-electron chi connectivity index (χ2n) is 6.11. The summed E-state index contributed by atoms with van der Waals surface area (Å²) in [5.74, 6) is -0.252. The lowest BCUT2D eigenvalue weighted by Crippen LogP contribution is -2.35. The third-order valence-corrected chi connectivity index (χ3v) is 5.51. The Labute approximate surface area is 154 Å². The minimum absolute atomic E-state index is 0.107. The normalized spacial score (nSPS) is 12.6. The molecule has 0 aliphatic heterocycles. The molecule has 2 aromatic carbocycles. The first-order valence-corrected chi connectivity index (χ1v) is 9.76. The van der Waals surface area contributed by atoms with Gasteiger partial charge in [0.1, 0.15) is 0 Å². The van der Waals surface area contributed by atoms with Gasteiger partial charge in [0.2, 0.25) is 10.0 Å². The SMILES string of the molecule is COC[C@H](C)NS(=O)(=O)c1ccc(C(=O)NCc2ccccc2C)cc1. The highest BCUT2D eigenvalue weighted by Crippen LogP contribution is 2.12. The number of sulfonamides is 1.